The fourth-order valence-electron chi connectivity index (χ4n) is 3.20. The lowest BCUT2D eigenvalue weighted by atomic mass is 10.1. The van der Waals surface area contributed by atoms with Crippen molar-refractivity contribution >= 4 is 39.1 Å². The topological polar surface area (TPSA) is 75.8 Å². The molecule has 136 valence electrons. The molecule has 0 aliphatic carbocycles. The van der Waals surface area contributed by atoms with E-state index in [2.05, 4.69) is 4.98 Å². The molecule has 4 aromatic rings. The molecule has 2 aromatic heterocycles. The molecule has 27 heavy (non-hydrogen) atoms. The fraction of sp³-hybridized carbons (Fsp3) is 0.143. The van der Waals surface area contributed by atoms with Crippen molar-refractivity contribution in [2.45, 2.75) is 6.92 Å². The minimum atomic E-state index is -0.519. The van der Waals surface area contributed by atoms with E-state index in [1.807, 2.05) is 36.2 Å². The standard InChI is InChI=1S/C21H18N2O4/c1-3-26-21(25)20-19(16-9-10-22-12-18(16)27-20)23(2)14-7-8-15-13(11-14)5-4-6-17(15)24/h4-12,24H,3H2,1-2H3. The highest BCUT2D eigenvalue weighted by Gasteiger charge is 2.25. The largest absolute Gasteiger partial charge is 0.507 e. The lowest BCUT2D eigenvalue weighted by molar-refractivity contribution is 0.0494. The summed E-state index contributed by atoms with van der Waals surface area (Å²) < 4.78 is 10.9. The molecule has 0 aliphatic heterocycles. The number of hydrogen-bond donors (Lipinski definition) is 1. The van der Waals surface area contributed by atoms with Gasteiger partial charge < -0.3 is 19.2 Å². The van der Waals surface area contributed by atoms with Gasteiger partial charge in [0.15, 0.2) is 5.58 Å². The number of rotatable bonds is 4. The number of benzene rings is 2. The number of phenols is 1. The van der Waals surface area contributed by atoms with Crippen LogP contribution in [0.3, 0.4) is 0 Å². The van der Waals surface area contributed by atoms with Gasteiger partial charge in [-0.15, -0.1) is 0 Å². The van der Waals surface area contributed by atoms with Crippen molar-refractivity contribution in [3.8, 4) is 5.75 Å². The highest BCUT2D eigenvalue weighted by molar-refractivity contribution is 6.06. The smallest absolute Gasteiger partial charge is 0.376 e. The molecule has 6 nitrogen and oxygen atoms in total. The van der Waals surface area contributed by atoms with Gasteiger partial charge >= 0.3 is 5.97 Å². The number of anilines is 2. The summed E-state index contributed by atoms with van der Waals surface area (Å²) in [6.45, 7) is 2.01. The Morgan fingerprint density at radius 1 is 1.22 bits per heavy atom. The Hall–Kier alpha value is -3.54. The number of furan rings is 1. The van der Waals surface area contributed by atoms with Crippen molar-refractivity contribution in [3.63, 3.8) is 0 Å². The number of esters is 1. The maximum absolute atomic E-state index is 12.4. The van der Waals surface area contributed by atoms with Crippen molar-refractivity contribution in [3.05, 3.63) is 60.6 Å². The van der Waals surface area contributed by atoms with Crippen LogP contribution in [0.25, 0.3) is 21.7 Å². The van der Waals surface area contributed by atoms with Crippen molar-refractivity contribution in [2.75, 3.05) is 18.6 Å². The van der Waals surface area contributed by atoms with E-state index in [0.717, 1.165) is 21.8 Å². The molecule has 0 bridgehead atoms. The van der Waals surface area contributed by atoms with Gasteiger partial charge in [-0.1, -0.05) is 12.1 Å². The summed E-state index contributed by atoms with van der Waals surface area (Å²) in [5.74, 6) is -0.152. The van der Waals surface area contributed by atoms with Crippen LogP contribution in [0.4, 0.5) is 11.4 Å². The highest BCUT2D eigenvalue weighted by atomic mass is 16.5. The third-order valence-corrected chi connectivity index (χ3v) is 4.49. The molecular formula is C21H18N2O4. The number of carbonyl (C=O) groups excluding carboxylic acids is 1. The predicted octanol–water partition coefficient (Wildman–Crippen LogP) is 4.63. The Labute approximate surface area is 155 Å². The van der Waals surface area contributed by atoms with Gasteiger partial charge in [-0.25, -0.2) is 4.79 Å². The molecule has 2 aromatic carbocycles. The van der Waals surface area contributed by atoms with E-state index in [1.165, 1.54) is 0 Å². The number of hydrogen-bond acceptors (Lipinski definition) is 6. The van der Waals surface area contributed by atoms with Crippen molar-refractivity contribution < 1.29 is 19.1 Å². The van der Waals surface area contributed by atoms with Gasteiger partial charge in [-0.05, 0) is 42.6 Å². The number of aromatic hydroxyl groups is 1. The maximum Gasteiger partial charge on any atom is 0.376 e. The second-order valence-corrected chi connectivity index (χ2v) is 6.11. The molecule has 2 heterocycles. The number of pyridine rings is 1. The number of phenolic OH excluding ortho intramolecular Hbond substituents is 1. The Morgan fingerprint density at radius 3 is 2.89 bits per heavy atom. The molecule has 0 radical (unpaired) electrons. The van der Waals surface area contributed by atoms with Crippen LogP contribution >= 0.6 is 0 Å². The van der Waals surface area contributed by atoms with Crippen LogP contribution in [0.2, 0.25) is 0 Å². The van der Waals surface area contributed by atoms with Crippen molar-refractivity contribution in [1.82, 2.24) is 4.98 Å². The number of ether oxygens (including phenoxy) is 1. The Bertz CT molecular complexity index is 1150. The molecule has 0 aliphatic rings. The van der Waals surface area contributed by atoms with E-state index in [9.17, 15) is 9.90 Å². The molecule has 0 amide bonds. The first-order valence-corrected chi connectivity index (χ1v) is 8.59. The third-order valence-electron chi connectivity index (χ3n) is 4.49. The van der Waals surface area contributed by atoms with Crippen molar-refractivity contribution in [2.24, 2.45) is 0 Å². The Balaban J connectivity index is 1.88. The summed E-state index contributed by atoms with van der Waals surface area (Å²) in [5, 5.41) is 12.4. The zero-order valence-corrected chi connectivity index (χ0v) is 15.0. The second-order valence-electron chi connectivity index (χ2n) is 6.11. The summed E-state index contributed by atoms with van der Waals surface area (Å²) in [7, 11) is 1.86. The molecule has 0 unspecified atom stereocenters. The quantitative estimate of drug-likeness (QED) is 0.533. The SMILES string of the molecule is CCOC(=O)c1oc2cnccc2c1N(C)c1ccc2c(O)cccc2c1. The van der Waals surface area contributed by atoms with E-state index >= 15 is 0 Å². The first-order valence-electron chi connectivity index (χ1n) is 8.59. The van der Waals surface area contributed by atoms with E-state index in [-0.39, 0.29) is 18.1 Å². The summed E-state index contributed by atoms with van der Waals surface area (Å²) in [5.41, 5.74) is 1.98. The molecule has 0 fully saturated rings. The van der Waals surface area contributed by atoms with Gasteiger partial charge in [-0.3, -0.25) is 4.98 Å². The molecule has 0 spiro atoms. The van der Waals surface area contributed by atoms with Gasteiger partial charge in [0.2, 0.25) is 5.76 Å². The first-order chi connectivity index (χ1) is 13.1. The van der Waals surface area contributed by atoms with Crippen LogP contribution in [0.15, 0.2) is 59.3 Å². The van der Waals surface area contributed by atoms with Gasteiger partial charge in [0.25, 0.3) is 0 Å². The zero-order valence-electron chi connectivity index (χ0n) is 15.0. The molecule has 0 atom stereocenters. The summed E-state index contributed by atoms with van der Waals surface area (Å²) >= 11 is 0. The molecule has 0 saturated heterocycles. The van der Waals surface area contributed by atoms with E-state index < -0.39 is 5.97 Å². The van der Waals surface area contributed by atoms with Crippen LogP contribution < -0.4 is 4.90 Å². The molecule has 1 N–H and O–H groups in total. The number of nitrogens with zero attached hydrogens (tertiary/aromatic N) is 2. The van der Waals surface area contributed by atoms with Crippen molar-refractivity contribution in [1.29, 1.82) is 0 Å². The summed E-state index contributed by atoms with van der Waals surface area (Å²) in [6, 6.07) is 12.9. The maximum atomic E-state index is 12.4. The third kappa shape index (κ3) is 2.85. The molecule has 4 rings (SSSR count). The van der Waals surface area contributed by atoms with Gasteiger partial charge in [-0.2, -0.15) is 0 Å². The lowest BCUT2D eigenvalue weighted by Gasteiger charge is -2.20. The van der Waals surface area contributed by atoms with E-state index in [4.69, 9.17) is 9.15 Å². The van der Waals surface area contributed by atoms with E-state index in [0.29, 0.717) is 11.3 Å². The lowest BCUT2D eigenvalue weighted by Crippen LogP contribution is -2.14. The van der Waals surface area contributed by atoms with E-state index in [1.54, 1.807) is 37.5 Å². The number of carbonyl (C=O) groups is 1. The molecule has 0 saturated carbocycles. The zero-order chi connectivity index (χ0) is 19.0. The van der Waals surface area contributed by atoms with Gasteiger partial charge in [0, 0.05) is 29.7 Å². The monoisotopic (exact) mass is 362 g/mol. The highest BCUT2D eigenvalue weighted by Crippen LogP contribution is 2.38. The second kappa shape index (κ2) is 6.64. The van der Waals surface area contributed by atoms with Crippen LogP contribution in [0.5, 0.6) is 5.75 Å². The predicted molar refractivity (Wildman–Crippen MR) is 104 cm³/mol. The fourth-order valence-corrected chi connectivity index (χ4v) is 3.20. The normalized spacial score (nSPS) is 11.0. The Morgan fingerprint density at radius 2 is 2.07 bits per heavy atom. The van der Waals surface area contributed by atoms with Gasteiger partial charge in [0.05, 0.1) is 12.8 Å². The summed E-state index contributed by atoms with van der Waals surface area (Å²) in [6.07, 6.45) is 3.23. The first kappa shape index (κ1) is 16.9. The summed E-state index contributed by atoms with van der Waals surface area (Å²) in [4.78, 5) is 18.4. The minimum absolute atomic E-state index is 0.137. The van der Waals surface area contributed by atoms with Crippen LogP contribution in [-0.2, 0) is 4.74 Å². The van der Waals surface area contributed by atoms with Gasteiger partial charge in [0.1, 0.15) is 11.4 Å². The molecular weight excluding hydrogens is 344 g/mol. The molecule has 6 heteroatoms. The average molecular weight is 362 g/mol. The van der Waals surface area contributed by atoms with Crippen LogP contribution in [0.1, 0.15) is 17.5 Å². The minimum Gasteiger partial charge on any atom is -0.507 e. The number of aromatic nitrogens is 1. The van der Waals surface area contributed by atoms with Crippen LogP contribution in [-0.4, -0.2) is 29.7 Å². The Kier molecular flexibility index (Phi) is 4.16. The van der Waals surface area contributed by atoms with Crippen LogP contribution in [0, 0.1) is 0 Å². The average Bonchev–Trinajstić information content (AvgIpc) is 3.07. The number of fused-ring (bicyclic) bond motifs is 2.